The van der Waals surface area contributed by atoms with Gasteiger partial charge in [-0.1, -0.05) is 18.2 Å². The predicted octanol–water partition coefficient (Wildman–Crippen LogP) is 3.07. The summed E-state index contributed by atoms with van der Waals surface area (Å²) in [5.41, 5.74) is 1.29. The van der Waals surface area contributed by atoms with Gasteiger partial charge in [-0.2, -0.15) is 0 Å². The molecular formula is C14H13NO. The molecule has 2 nitrogen and oxygen atoms in total. The fourth-order valence-electron chi connectivity index (χ4n) is 2.57. The highest BCUT2D eigenvalue weighted by Gasteiger charge is 2.24. The van der Waals surface area contributed by atoms with Crippen molar-refractivity contribution < 1.29 is 4.79 Å². The normalized spacial score (nSPS) is 20.5. The summed E-state index contributed by atoms with van der Waals surface area (Å²) in [6.45, 7) is 0. The molecule has 1 aliphatic carbocycles. The third-order valence-electron chi connectivity index (χ3n) is 3.40. The van der Waals surface area contributed by atoms with Crippen molar-refractivity contribution in [3.05, 3.63) is 42.2 Å². The second-order valence-electron chi connectivity index (χ2n) is 4.42. The van der Waals surface area contributed by atoms with Gasteiger partial charge in [-0.05, 0) is 29.4 Å². The summed E-state index contributed by atoms with van der Waals surface area (Å²) in [6, 6.07) is 8.32. The first-order chi connectivity index (χ1) is 7.84. The Balaban J connectivity index is 2.13. The number of hydrogen-bond donors (Lipinski definition) is 0. The molecule has 0 aliphatic heterocycles. The molecule has 0 bridgehead atoms. The van der Waals surface area contributed by atoms with Crippen LogP contribution in [0.4, 0.5) is 0 Å². The lowest BCUT2D eigenvalue weighted by Crippen LogP contribution is -1.95. The zero-order chi connectivity index (χ0) is 11.0. The van der Waals surface area contributed by atoms with E-state index in [0.29, 0.717) is 18.1 Å². The van der Waals surface area contributed by atoms with E-state index >= 15 is 0 Å². The third kappa shape index (κ3) is 1.51. The zero-order valence-electron chi connectivity index (χ0n) is 9.02. The van der Waals surface area contributed by atoms with Gasteiger partial charge in [0.25, 0.3) is 0 Å². The Bertz CT molecular complexity index is 542. The van der Waals surface area contributed by atoms with E-state index in [1.54, 1.807) is 0 Å². The first kappa shape index (κ1) is 9.52. The molecule has 1 unspecified atom stereocenters. The minimum absolute atomic E-state index is 0.394. The Morgan fingerprint density at radius 1 is 1.25 bits per heavy atom. The first-order valence-corrected chi connectivity index (χ1v) is 5.69. The van der Waals surface area contributed by atoms with Crippen LogP contribution in [0.15, 0.2) is 36.7 Å². The molecule has 0 N–H and O–H groups in total. The average molecular weight is 211 g/mol. The van der Waals surface area contributed by atoms with Crippen molar-refractivity contribution in [1.82, 2.24) is 4.98 Å². The van der Waals surface area contributed by atoms with Gasteiger partial charge in [0, 0.05) is 30.6 Å². The zero-order valence-corrected chi connectivity index (χ0v) is 9.02. The second-order valence-corrected chi connectivity index (χ2v) is 4.42. The summed E-state index contributed by atoms with van der Waals surface area (Å²) >= 11 is 0. The van der Waals surface area contributed by atoms with E-state index in [4.69, 9.17) is 0 Å². The number of aromatic nitrogens is 1. The molecule has 0 saturated heterocycles. The van der Waals surface area contributed by atoms with Crippen LogP contribution in [0.1, 0.15) is 30.7 Å². The Morgan fingerprint density at radius 2 is 2.19 bits per heavy atom. The quantitative estimate of drug-likeness (QED) is 0.725. The molecule has 2 heteroatoms. The molecule has 0 amide bonds. The molecule has 0 radical (unpaired) electrons. The molecule has 3 rings (SSSR count). The van der Waals surface area contributed by atoms with Gasteiger partial charge in [0.1, 0.15) is 5.78 Å². The smallest absolute Gasteiger partial charge is 0.133 e. The lowest BCUT2D eigenvalue weighted by molar-refractivity contribution is -0.117. The van der Waals surface area contributed by atoms with Crippen LogP contribution in [0.2, 0.25) is 0 Å². The molecule has 1 fully saturated rings. The van der Waals surface area contributed by atoms with Crippen molar-refractivity contribution in [2.45, 2.75) is 25.2 Å². The Labute approximate surface area is 94.3 Å². The number of rotatable bonds is 1. The van der Waals surface area contributed by atoms with Gasteiger partial charge in [0.05, 0.1) is 0 Å². The van der Waals surface area contributed by atoms with Gasteiger partial charge >= 0.3 is 0 Å². The summed E-state index contributed by atoms with van der Waals surface area (Å²) in [5.74, 6) is 0.797. The molecule has 1 heterocycles. The molecule has 80 valence electrons. The van der Waals surface area contributed by atoms with E-state index in [1.807, 2.05) is 18.5 Å². The summed E-state index contributed by atoms with van der Waals surface area (Å²) < 4.78 is 0. The highest BCUT2D eigenvalue weighted by atomic mass is 16.1. The summed E-state index contributed by atoms with van der Waals surface area (Å²) in [4.78, 5) is 15.5. The van der Waals surface area contributed by atoms with Crippen LogP contribution in [0.3, 0.4) is 0 Å². The highest BCUT2D eigenvalue weighted by Crippen LogP contribution is 2.35. The van der Waals surface area contributed by atoms with Crippen LogP contribution in [-0.2, 0) is 4.79 Å². The Kier molecular flexibility index (Phi) is 2.21. The van der Waals surface area contributed by atoms with Crippen LogP contribution < -0.4 is 0 Å². The van der Waals surface area contributed by atoms with Crippen LogP contribution in [0.25, 0.3) is 10.8 Å². The number of nitrogens with zero attached hydrogens (tertiary/aromatic N) is 1. The van der Waals surface area contributed by atoms with E-state index in [0.717, 1.165) is 12.8 Å². The van der Waals surface area contributed by atoms with Crippen LogP contribution in [0, 0.1) is 0 Å². The van der Waals surface area contributed by atoms with Gasteiger partial charge in [-0.25, -0.2) is 0 Å². The maximum Gasteiger partial charge on any atom is 0.133 e. The first-order valence-electron chi connectivity index (χ1n) is 5.69. The molecule has 2 aromatic rings. The lowest BCUT2D eigenvalue weighted by Gasteiger charge is -2.11. The molecule has 16 heavy (non-hydrogen) atoms. The van der Waals surface area contributed by atoms with Gasteiger partial charge in [-0.15, -0.1) is 0 Å². The molecular weight excluding hydrogens is 198 g/mol. The van der Waals surface area contributed by atoms with E-state index in [1.165, 1.54) is 16.3 Å². The summed E-state index contributed by atoms with van der Waals surface area (Å²) in [7, 11) is 0. The van der Waals surface area contributed by atoms with Crippen molar-refractivity contribution >= 4 is 16.6 Å². The molecule has 0 spiro atoms. The minimum atomic E-state index is 0.394. The highest BCUT2D eigenvalue weighted by molar-refractivity contribution is 5.88. The number of Topliss-reactive ketones (excluding diaryl/α,β-unsaturated/α-hetero) is 1. The predicted molar refractivity (Wildman–Crippen MR) is 63.3 cm³/mol. The van der Waals surface area contributed by atoms with Gasteiger partial charge in [0.2, 0.25) is 0 Å². The number of ketones is 1. The second kappa shape index (κ2) is 3.71. The number of hydrogen-bond acceptors (Lipinski definition) is 2. The van der Waals surface area contributed by atoms with Crippen molar-refractivity contribution in [1.29, 1.82) is 0 Å². The van der Waals surface area contributed by atoms with E-state index in [9.17, 15) is 4.79 Å². The SMILES string of the molecule is O=C1CCC(c2cccc3ccncc23)C1. The van der Waals surface area contributed by atoms with Crippen molar-refractivity contribution in [2.75, 3.05) is 0 Å². The monoisotopic (exact) mass is 211 g/mol. The number of carbonyl (C=O) groups is 1. The van der Waals surface area contributed by atoms with Gasteiger partial charge < -0.3 is 0 Å². The van der Waals surface area contributed by atoms with Crippen LogP contribution in [0.5, 0.6) is 0 Å². The largest absolute Gasteiger partial charge is 0.300 e. The van der Waals surface area contributed by atoms with Crippen LogP contribution in [-0.4, -0.2) is 10.8 Å². The number of fused-ring (bicyclic) bond motifs is 1. The maximum atomic E-state index is 11.3. The topological polar surface area (TPSA) is 30.0 Å². The molecule has 1 aromatic heterocycles. The standard InChI is InChI=1S/C14H13NO/c16-12-5-4-11(8-12)13-3-1-2-10-6-7-15-9-14(10)13/h1-3,6-7,9,11H,4-5,8H2. The maximum absolute atomic E-state index is 11.3. The fourth-order valence-corrected chi connectivity index (χ4v) is 2.57. The van der Waals surface area contributed by atoms with E-state index < -0.39 is 0 Å². The lowest BCUT2D eigenvalue weighted by atomic mass is 9.93. The molecule has 1 saturated carbocycles. The molecule has 1 atom stereocenters. The number of benzene rings is 1. The molecule has 1 aromatic carbocycles. The van der Waals surface area contributed by atoms with Gasteiger partial charge in [0.15, 0.2) is 0 Å². The van der Waals surface area contributed by atoms with Gasteiger partial charge in [-0.3, -0.25) is 9.78 Å². The summed E-state index contributed by atoms with van der Waals surface area (Å²) in [5, 5.41) is 2.41. The third-order valence-corrected chi connectivity index (χ3v) is 3.40. The fraction of sp³-hybridized carbons (Fsp3) is 0.286. The van der Waals surface area contributed by atoms with E-state index in [2.05, 4.69) is 23.2 Å². The average Bonchev–Trinajstić information content (AvgIpc) is 2.75. The van der Waals surface area contributed by atoms with Crippen molar-refractivity contribution in [3.63, 3.8) is 0 Å². The van der Waals surface area contributed by atoms with E-state index in [-0.39, 0.29) is 0 Å². The molecule has 1 aliphatic rings. The Hall–Kier alpha value is -1.70. The van der Waals surface area contributed by atoms with Crippen LogP contribution >= 0.6 is 0 Å². The minimum Gasteiger partial charge on any atom is -0.300 e. The van der Waals surface area contributed by atoms with Crippen molar-refractivity contribution in [3.8, 4) is 0 Å². The summed E-state index contributed by atoms with van der Waals surface area (Å²) in [6.07, 6.45) is 6.15. The Morgan fingerprint density at radius 3 is 3.00 bits per heavy atom. The van der Waals surface area contributed by atoms with Crippen molar-refractivity contribution in [2.24, 2.45) is 0 Å². The number of carbonyl (C=O) groups excluding carboxylic acids is 1. The number of pyridine rings is 1.